The highest BCUT2D eigenvalue weighted by molar-refractivity contribution is 5.19. The quantitative estimate of drug-likeness (QED) is 0.876. The summed E-state index contributed by atoms with van der Waals surface area (Å²) in [6.45, 7) is 3.16. The van der Waals surface area contributed by atoms with Gasteiger partial charge < -0.3 is 5.32 Å². The van der Waals surface area contributed by atoms with Gasteiger partial charge in [-0.05, 0) is 19.5 Å². The first-order valence-electron chi connectivity index (χ1n) is 6.05. The molecule has 5 heteroatoms. The van der Waals surface area contributed by atoms with Gasteiger partial charge in [-0.1, -0.05) is 30.3 Å². The summed E-state index contributed by atoms with van der Waals surface area (Å²) in [6.07, 6.45) is 0.832. The maximum Gasteiger partial charge on any atom is 0.128 e. The number of hydrogen-bond acceptors (Lipinski definition) is 3. The van der Waals surface area contributed by atoms with Gasteiger partial charge in [0.15, 0.2) is 0 Å². The van der Waals surface area contributed by atoms with Gasteiger partial charge in [-0.3, -0.25) is 0 Å². The summed E-state index contributed by atoms with van der Waals surface area (Å²) in [4.78, 5) is 0. The Balaban J connectivity index is 2.27. The number of rotatable bonds is 5. The Morgan fingerprint density at radius 2 is 2.11 bits per heavy atom. The molecule has 96 valence electrons. The zero-order valence-electron chi connectivity index (χ0n) is 10.7. The van der Waals surface area contributed by atoms with E-state index in [1.807, 2.05) is 13.1 Å². The van der Waals surface area contributed by atoms with Crippen molar-refractivity contribution >= 4 is 0 Å². The number of benzene rings is 1. The van der Waals surface area contributed by atoms with Gasteiger partial charge in [0.25, 0.3) is 0 Å². The predicted octanol–water partition coefficient (Wildman–Crippen LogP) is 1.75. The van der Waals surface area contributed by atoms with Crippen molar-refractivity contribution in [2.24, 2.45) is 0 Å². The van der Waals surface area contributed by atoms with E-state index in [-0.39, 0.29) is 5.82 Å². The molecule has 0 aliphatic heterocycles. The molecule has 0 amide bonds. The summed E-state index contributed by atoms with van der Waals surface area (Å²) in [5.74, 6) is -0.204. The fourth-order valence-corrected chi connectivity index (χ4v) is 1.98. The first-order chi connectivity index (χ1) is 8.76. The Hall–Kier alpha value is -1.75. The smallest absolute Gasteiger partial charge is 0.128 e. The minimum Gasteiger partial charge on any atom is -0.314 e. The van der Waals surface area contributed by atoms with Crippen molar-refractivity contribution in [3.8, 4) is 0 Å². The summed E-state index contributed by atoms with van der Waals surface area (Å²) < 4.78 is 15.4. The summed E-state index contributed by atoms with van der Waals surface area (Å²) in [6, 6.07) is 6.75. The fourth-order valence-electron chi connectivity index (χ4n) is 1.98. The number of nitrogens with zero attached hydrogens (tertiary/aromatic N) is 3. The van der Waals surface area contributed by atoms with E-state index in [2.05, 4.69) is 22.6 Å². The van der Waals surface area contributed by atoms with Crippen LogP contribution in [0.5, 0.6) is 0 Å². The van der Waals surface area contributed by atoms with E-state index in [9.17, 15) is 4.39 Å². The normalized spacial score (nSPS) is 10.8. The van der Waals surface area contributed by atoms with Crippen molar-refractivity contribution in [2.45, 2.75) is 26.4 Å². The molecule has 0 fully saturated rings. The molecule has 2 aromatic rings. The van der Waals surface area contributed by atoms with E-state index in [0.717, 1.165) is 17.8 Å². The molecule has 0 spiro atoms. The standard InChI is InChI=1S/C13H17FN4/c1-3-13-12(8-15-2)16-17-18(13)9-10-6-4-5-7-11(10)14/h4-7,15H,3,8-9H2,1-2H3. The molecule has 0 aliphatic carbocycles. The van der Waals surface area contributed by atoms with Crippen LogP contribution < -0.4 is 5.32 Å². The van der Waals surface area contributed by atoms with E-state index in [0.29, 0.717) is 18.7 Å². The van der Waals surface area contributed by atoms with Gasteiger partial charge in [-0.15, -0.1) is 5.10 Å². The van der Waals surface area contributed by atoms with Gasteiger partial charge >= 0.3 is 0 Å². The molecule has 0 unspecified atom stereocenters. The molecule has 0 bridgehead atoms. The monoisotopic (exact) mass is 248 g/mol. The first-order valence-corrected chi connectivity index (χ1v) is 6.05. The maximum absolute atomic E-state index is 13.6. The van der Waals surface area contributed by atoms with Crippen LogP contribution in [0, 0.1) is 5.82 Å². The van der Waals surface area contributed by atoms with Crippen molar-refractivity contribution in [3.63, 3.8) is 0 Å². The highest BCUT2D eigenvalue weighted by Gasteiger charge is 2.11. The predicted molar refractivity (Wildman–Crippen MR) is 67.7 cm³/mol. The minimum atomic E-state index is -0.204. The minimum absolute atomic E-state index is 0.204. The largest absolute Gasteiger partial charge is 0.314 e. The molecule has 1 heterocycles. The van der Waals surface area contributed by atoms with Gasteiger partial charge in [-0.25, -0.2) is 9.07 Å². The summed E-state index contributed by atoms with van der Waals surface area (Å²) in [5.41, 5.74) is 2.61. The van der Waals surface area contributed by atoms with Crippen molar-refractivity contribution in [2.75, 3.05) is 7.05 Å². The third kappa shape index (κ3) is 2.56. The van der Waals surface area contributed by atoms with Crippen LogP contribution in [0.1, 0.15) is 23.9 Å². The molecule has 0 saturated heterocycles. The molecule has 1 N–H and O–H groups in total. The van der Waals surface area contributed by atoms with Crippen LogP contribution >= 0.6 is 0 Å². The zero-order chi connectivity index (χ0) is 13.0. The Labute approximate surface area is 106 Å². The van der Waals surface area contributed by atoms with Crippen LogP contribution in [-0.4, -0.2) is 22.0 Å². The van der Waals surface area contributed by atoms with Crippen LogP contribution in [0.3, 0.4) is 0 Å². The van der Waals surface area contributed by atoms with Crippen LogP contribution in [0.15, 0.2) is 24.3 Å². The lowest BCUT2D eigenvalue weighted by Gasteiger charge is -2.07. The second kappa shape index (κ2) is 5.73. The van der Waals surface area contributed by atoms with Gasteiger partial charge in [0.05, 0.1) is 17.9 Å². The lowest BCUT2D eigenvalue weighted by molar-refractivity contribution is 0.567. The average molecular weight is 248 g/mol. The van der Waals surface area contributed by atoms with Crippen LogP contribution in [-0.2, 0) is 19.5 Å². The van der Waals surface area contributed by atoms with E-state index < -0.39 is 0 Å². The van der Waals surface area contributed by atoms with Gasteiger partial charge in [0.2, 0.25) is 0 Å². The van der Waals surface area contributed by atoms with E-state index in [1.165, 1.54) is 6.07 Å². The van der Waals surface area contributed by atoms with Gasteiger partial charge in [0, 0.05) is 12.1 Å². The molecular formula is C13H17FN4. The second-order valence-electron chi connectivity index (χ2n) is 4.12. The fraction of sp³-hybridized carbons (Fsp3) is 0.385. The molecular weight excluding hydrogens is 231 g/mol. The Bertz CT molecular complexity index is 521. The maximum atomic E-state index is 13.6. The van der Waals surface area contributed by atoms with Crippen molar-refractivity contribution in [3.05, 3.63) is 47.0 Å². The number of hydrogen-bond donors (Lipinski definition) is 1. The number of nitrogens with one attached hydrogen (secondary N) is 1. The van der Waals surface area contributed by atoms with Crippen molar-refractivity contribution in [1.29, 1.82) is 0 Å². The summed E-state index contributed by atoms with van der Waals surface area (Å²) >= 11 is 0. The highest BCUT2D eigenvalue weighted by atomic mass is 19.1. The first kappa shape index (κ1) is 12.7. The number of aromatic nitrogens is 3. The number of halogens is 1. The lowest BCUT2D eigenvalue weighted by atomic mass is 10.2. The van der Waals surface area contributed by atoms with Crippen LogP contribution in [0.2, 0.25) is 0 Å². The Kier molecular flexibility index (Phi) is 4.04. The van der Waals surface area contributed by atoms with E-state index in [1.54, 1.807) is 16.8 Å². The van der Waals surface area contributed by atoms with Gasteiger partial charge in [-0.2, -0.15) is 0 Å². The third-order valence-electron chi connectivity index (χ3n) is 2.88. The molecule has 18 heavy (non-hydrogen) atoms. The van der Waals surface area contributed by atoms with Crippen LogP contribution in [0.25, 0.3) is 0 Å². The SMILES string of the molecule is CCc1c(CNC)nnn1Cc1ccccc1F. The van der Waals surface area contributed by atoms with Crippen LogP contribution in [0.4, 0.5) is 4.39 Å². The van der Waals surface area contributed by atoms with E-state index in [4.69, 9.17) is 0 Å². The second-order valence-corrected chi connectivity index (χ2v) is 4.12. The third-order valence-corrected chi connectivity index (χ3v) is 2.88. The molecule has 1 aromatic heterocycles. The molecule has 4 nitrogen and oxygen atoms in total. The van der Waals surface area contributed by atoms with Crippen molar-refractivity contribution in [1.82, 2.24) is 20.3 Å². The summed E-state index contributed by atoms with van der Waals surface area (Å²) in [5, 5.41) is 11.3. The molecule has 1 aromatic carbocycles. The zero-order valence-corrected chi connectivity index (χ0v) is 10.7. The molecule has 0 saturated carbocycles. The average Bonchev–Trinajstić information content (AvgIpc) is 2.75. The van der Waals surface area contributed by atoms with Crippen molar-refractivity contribution < 1.29 is 4.39 Å². The van der Waals surface area contributed by atoms with E-state index >= 15 is 0 Å². The molecule has 0 atom stereocenters. The molecule has 0 aliphatic rings. The Morgan fingerprint density at radius 3 is 2.78 bits per heavy atom. The molecule has 2 rings (SSSR count). The van der Waals surface area contributed by atoms with Gasteiger partial charge in [0.1, 0.15) is 5.82 Å². The highest BCUT2D eigenvalue weighted by Crippen LogP contribution is 2.12. The summed E-state index contributed by atoms with van der Waals surface area (Å²) in [7, 11) is 1.87. The topological polar surface area (TPSA) is 42.7 Å². The molecule has 0 radical (unpaired) electrons. The Morgan fingerprint density at radius 1 is 1.33 bits per heavy atom. The lowest BCUT2D eigenvalue weighted by Crippen LogP contribution is -2.11.